The zero-order valence-corrected chi connectivity index (χ0v) is 2.72. The summed E-state index contributed by atoms with van der Waals surface area (Å²) in [6.45, 7) is 4.50. The molecular weight excluding hydrogens is 88.0 g/mol. The van der Waals surface area contributed by atoms with Crippen molar-refractivity contribution in [2.24, 2.45) is 0 Å². The summed E-state index contributed by atoms with van der Waals surface area (Å²) in [7, 11) is 0. The standard InChI is InChI=1S/CO2.CO.H2O.H2/c2-1-3;1-2;;/h;;1H2;1H. The van der Waals surface area contributed by atoms with Gasteiger partial charge < -0.3 is 5.48 Å². The Bertz CT molecular complexity index is 52.0. The molecule has 0 fully saturated rings. The third-order valence-electron chi connectivity index (χ3n) is 0. The topological polar surface area (TPSA) is 85.5 Å². The Morgan fingerprint density at radius 3 is 1.50 bits per heavy atom. The van der Waals surface area contributed by atoms with Crippen molar-refractivity contribution in [2.45, 2.75) is 0 Å². The molecule has 36 valence electrons. The van der Waals surface area contributed by atoms with Crippen LogP contribution in [0.1, 0.15) is 1.43 Å². The van der Waals surface area contributed by atoms with Gasteiger partial charge in [-0.15, -0.1) is 0 Å². The molecule has 0 rings (SSSR count). The van der Waals surface area contributed by atoms with Crippen molar-refractivity contribution < 1.29 is 21.1 Å². The van der Waals surface area contributed by atoms with Crippen LogP contribution in [0.5, 0.6) is 0 Å². The van der Waals surface area contributed by atoms with Crippen molar-refractivity contribution in [1.29, 1.82) is 0 Å². The van der Waals surface area contributed by atoms with Gasteiger partial charge in [-0.2, -0.15) is 9.59 Å². The van der Waals surface area contributed by atoms with E-state index in [1.54, 1.807) is 0 Å². The molecule has 0 amide bonds. The second-order valence-electron chi connectivity index (χ2n) is 0.0833. The molecule has 0 heterocycles. The van der Waals surface area contributed by atoms with Gasteiger partial charge in [-0.3, -0.25) is 0 Å². The van der Waals surface area contributed by atoms with E-state index in [0.29, 0.717) is 0 Å². The Morgan fingerprint density at radius 2 is 1.50 bits per heavy atom. The van der Waals surface area contributed by atoms with Crippen LogP contribution in [-0.4, -0.2) is 11.6 Å². The number of hydrogen-bond donors (Lipinski definition) is 0. The maximum atomic E-state index is 8.12. The van der Waals surface area contributed by atoms with Crippen LogP contribution in [0.25, 0.3) is 0 Å². The first kappa shape index (κ1) is 19.5. The van der Waals surface area contributed by atoms with Crippen molar-refractivity contribution in [3.8, 4) is 0 Å². The summed E-state index contributed by atoms with van der Waals surface area (Å²) < 4.78 is 7.50. The van der Waals surface area contributed by atoms with Crippen LogP contribution in [0, 0.1) is 6.65 Å². The van der Waals surface area contributed by atoms with Gasteiger partial charge in [-0.25, -0.2) is 0 Å². The van der Waals surface area contributed by atoms with E-state index in [4.69, 9.17) is 14.2 Å². The second-order valence-corrected chi connectivity index (χ2v) is 0.0833. The maximum absolute atomic E-state index is 8.12. The van der Waals surface area contributed by atoms with Crippen LogP contribution in [-0.2, 0) is 14.2 Å². The van der Waals surface area contributed by atoms with Crippen molar-refractivity contribution in [1.82, 2.24) is 0 Å². The third kappa shape index (κ3) is 15.7. The average Bonchev–Trinajstić information content (AvgIpc) is 1.46. The SMILES string of the molecule is O.O=C=O.[C-]#[O+].[HH]. The smallest absolute Gasteiger partial charge is 0 e. The van der Waals surface area contributed by atoms with Crippen LogP contribution >= 0.6 is 0 Å². The number of rotatable bonds is 0. The molecule has 0 saturated heterocycles. The van der Waals surface area contributed by atoms with Gasteiger partial charge >= 0.3 is 17.5 Å². The number of carbonyl (C=O) groups excluding carboxylic acids is 2. The predicted molar refractivity (Wildman–Crippen MR) is 14.7 cm³/mol. The molecule has 0 aliphatic carbocycles. The summed E-state index contributed by atoms with van der Waals surface area (Å²) >= 11 is 0. The molecule has 0 radical (unpaired) electrons. The van der Waals surface area contributed by atoms with Crippen LogP contribution in [0.3, 0.4) is 0 Å². The first-order valence-electron chi connectivity index (χ1n) is 0.612. The number of hydrogen-bond acceptors (Lipinski definition) is 2. The average molecular weight is 92.0 g/mol. The van der Waals surface area contributed by atoms with Crippen molar-refractivity contribution in [3.05, 3.63) is 6.65 Å². The van der Waals surface area contributed by atoms with E-state index >= 15 is 0 Å². The van der Waals surface area contributed by atoms with E-state index in [2.05, 4.69) is 6.65 Å². The molecule has 0 spiro atoms. The van der Waals surface area contributed by atoms with E-state index in [1.807, 2.05) is 0 Å². The first-order valence-corrected chi connectivity index (χ1v) is 0.612. The van der Waals surface area contributed by atoms with Gasteiger partial charge in [0.05, 0.1) is 0 Å². The van der Waals surface area contributed by atoms with Gasteiger partial charge in [-0.05, 0) is 0 Å². The molecule has 4 nitrogen and oxygen atoms in total. The van der Waals surface area contributed by atoms with E-state index in [-0.39, 0.29) is 13.1 Å². The Morgan fingerprint density at radius 1 is 1.50 bits per heavy atom. The van der Waals surface area contributed by atoms with E-state index in [1.165, 1.54) is 0 Å². The summed E-state index contributed by atoms with van der Waals surface area (Å²) in [5.41, 5.74) is 0. The van der Waals surface area contributed by atoms with Crippen LogP contribution in [0.4, 0.5) is 0 Å². The minimum atomic E-state index is 0. The largest absolute Gasteiger partial charge is 0 e. The molecule has 0 bridgehead atoms. The Hall–Kier alpha value is -0.920. The van der Waals surface area contributed by atoms with Crippen molar-refractivity contribution in [3.63, 3.8) is 0 Å². The molecule has 0 saturated carbocycles. The monoisotopic (exact) mass is 92.0 g/mol. The Kier molecular flexibility index (Phi) is 19700. The molecule has 0 unspecified atom stereocenters. The first-order chi connectivity index (χ1) is 2.41. The maximum Gasteiger partial charge on any atom is 0 e. The molecule has 0 aliphatic heterocycles. The summed E-state index contributed by atoms with van der Waals surface area (Å²) in [4.78, 5) is 16.2. The van der Waals surface area contributed by atoms with Gasteiger partial charge in [0.1, 0.15) is 0 Å². The predicted octanol–water partition coefficient (Wildman–Crippen LogP) is -1.20. The fourth-order valence-corrected chi connectivity index (χ4v) is 0. The van der Waals surface area contributed by atoms with Gasteiger partial charge in [0.25, 0.3) is 0 Å². The quantitative estimate of drug-likeness (QED) is 0.277. The van der Waals surface area contributed by atoms with Crippen molar-refractivity contribution >= 4 is 6.15 Å². The zero-order valence-electron chi connectivity index (χ0n) is 2.72. The molecule has 0 atom stereocenters. The summed E-state index contributed by atoms with van der Waals surface area (Å²) in [6, 6.07) is 0. The molecule has 0 aromatic heterocycles. The van der Waals surface area contributed by atoms with Gasteiger partial charge in [0.15, 0.2) is 0 Å². The minimum absolute atomic E-state index is 0. The van der Waals surface area contributed by atoms with Crippen LogP contribution < -0.4 is 0 Å². The molecule has 6 heavy (non-hydrogen) atoms. The fourth-order valence-electron chi connectivity index (χ4n) is 0. The van der Waals surface area contributed by atoms with Crippen LogP contribution in [0.2, 0.25) is 0 Å². The molecule has 0 aromatic carbocycles. The van der Waals surface area contributed by atoms with E-state index in [0.717, 1.165) is 0 Å². The molecule has 2 N–H and O–H groups in total. The van der Waals surface area contributed by atoms with Crippen LogP contribution in [0.15, 0.2) is 0 Å². The molecular formula is C2H4O4. The normalized spacial score (nSPS) is 1.67. The minimum Gasteiger partial charge on any atom is 0 e. The summed E-state index contributed by atoms with van der Waals surface area (Å²) in [5.74, 6) is 0. The fraction of sp³-hybridized carbons (Fsp3) is 0. The van der Waals surface area contributed by atoms with Gasteiger partial charge in [0, 0.05) is 1.43 Å². The molecule has 0 aliphatic rings. The Labute approximate surface area is 35.3 Å². The Balaban J connectivity index is -0.0000000105. The van der Waals surface area contributed by atoms with Gasteiger partial charge in [-0.1, -0.05) is 0 Å². The third-order valence-corrected chi connectivity index (χ3v) is 0. The zero-order chi connectivity index (χ0) is 4.71. The second kappa shape index (κ2) is 6050. The van der Waals surface area contributed by atoms with E-state index in [9.17, 15) is 0 Å². The van der Waals surface area contributed by atoms with E-state index < -0.39 is 0 Å². The summed E-state index contributed by atoms with van der Waals surface area (Å²) in [6.07, 6.45) is 0.250. The van der Waals surface area contributed by atoms with Crippen molar-refractivity contribution in [2.75, 3.05) is 0 Å². The molecule has 4 heteroatoms. The van der Waals surface area contributed by atoms with Gasteiger partial charge in [0.2, 0.25) is 0 Å². The summed E-state index contributed by atoms with van der Waals surface area (Å²) in [5, 5.41) is 0. The molecule has 0 aromatic rings.